The zero-order valence-corrected chi connectivity index (χ0v) is 11.6. The summed E-state index contributed by atoms with van der Waals surface area (Å²) >= 11 is 0. The maximum atomic E-state index is 14.3. The number of rotatable bonds is 5. The normalized spacial score (nSPS) is 17.6. The Morgan fingerprint density at radius 1 is 1.37 bits per heavy atom. The number of carbonyl (C=O) groups is 1. The molecule has 0 saturated carbocycles. The van der Waals surface area contributed by atoms with Crippen molar-refractivity contribution in [3.63, 3.8) is 0 Å². The Bertz CT molecular complexity index is 425. The van der Waals surface area contributed by atoms with Crippen LogP contribution in [0.15, 0.2) is 18.2 Å². The minimum absolute atomic E-state index is 0.163. The van der Waals surface area contributed by atoms with Crippen molar-refractivity contribution in [1.82, 2.24) is 4.90 Å². The van der Waals surface area contributed by atoms with Gasteiger partial charge in [0.05, 0.1) is 0 Å². The Labute approximate surface area is 114 Å². The van der Waals surface area contributed by atoms with Crippen molar-refractivity contribution in [2.75, 3.05) is 19.6 Å². The smallest absolute Gasteiger partial charge is 0.130 e. The monoisotopic (exact) mass is 263 g/mol. The van der Waals surface area contributed by atoms with Gasteiger partial charge in [-0.2, -0.15) is 0 Å². The number of hydrogen-bond acceptors (Lipinski definition) is 2. The van der Waals surface area contributed by atoms with Gasteiger partial charge in [0.2, 0.25) is 0 Å². The Balaban J connectivity index is 2.07. The summed E-state index contributed by atoms with van der Waals surface area (Å²) in [6.45, 7) is 5.43. The molecule has 1 heterocycles. The van der Waals surface area contributed by atoms with Gasteiger partial charge in [-0.25, -0.2) is 4.39 Å². The second-order valence-corrected chi connectivity index (χ2v) is 5.31. The van der Waals surface area contributed by atoms with E-state index in [1.54, 1.807) is 6.07 Å². The van der Waals surface area contributed by atoms with Crippen molar-refractivity contribution in [1.29, 1.82) is 0 Å². The number of benzene rings is 1. The number of aldehydes is 1. The van der Waals surface area contributed by atoms with Gasteiger partial charge in [0.1, 0.15) is 12.1 Å². The van der Waals surface area contributed by atoms with Gasteiger partial charge in [-0.3, -0.25) is 0 Å². The van der Waals surface area contributed by atoms with Gasteiger partial charge < -0.3 is 9.69 Å². The molecular formula is C16H22FNO. The van der Waals surface area contributed by atoms with Gasteiger partial charge >= 0.3 is 0 Å². The molecule has 1 aliphatic heterocycles. The number of piperidine rings is 1. The molecule has 2 rings (SSSR count). The third-order valence-corrected chi connectivity index (χ3v) is 3.98. The molecule has 0 spiro atoms. The van der Waals surface area contributed by atoms with E-state index < -0.39 is 0 Å². The van der Waals surface area contributed by atoms with Gasteiger partial charge in [0, 0.05) is 6.42 Å². The molecule has 1 saturated heterocycles. The molecule has 1 aromatic rings. The highest BCUT2D eigenvalue weighted by Gasteiger charge is 2.23. The number of carbonyl (C=O) groups excluding carboxylic acids is 1. The van der Waals surface area contributed by atoms with Gasteiger partial charge in [-0.1, -0.05) is 25.1 Å². The number of hydrogen-bond donors (Lipinski definition) is 0. The van der Waals surface area contributed by atoms with E-state index in [2.05, 4.69) is 11.8 Å². The molecule has 1 aromatic carbocycles. The van der Waals surface area contributed by atoms with Crippen LogP contribution in [0.4, 0.5) is 4.39 Å². The lowest BCUT2D eigenvalue weighted by Crippen LogP contribution is -2.33. The van der Waals surface area contributed by atoms with Crippen molar-refractivity contribution in [3.05, 3.63) is 35.1 Å². The van der Waals surface area contributed by atoms with Crippen LogP contribution in [0.25, 0.3) is 0 Å². The first-order valence-corrected chi connectivity index (χ1v) is 7.19. The third-order valence-electron chi connectivity index (χ3n) is 3.98. The first-order chi connectivity index (χ1) is 9.26. The van der Waals surface area contributed by atoms with E-state index in [4.69, 9.17) is 0 Å². The van der Waals surface area contributed by atoms with Crippen LogP contribution in [0.5, 0.6) is 0 Å². The summed E-state index contributed by atoms with van der Waals surface area (Å²) < 4.78 is 14.3. The number of halogens is 1. The lowest BCUT2D eigenvalue weighted by Gasteiger charge is -2.32. The molecule has 19 heavy (non-hydrogen) atoms. The molecule has 0 aliphatic carbocycles. The zero-order chi connectivity index (χ0) is 13.7. The fourth-order valence-corrected chi connectivity index (χ4v) is 2.95. The molecule has 0 bridgehead atoms. The van der Waals surface area contributed by atoms with E-state index in [1.807, 2.05) is 12.1 Å². The number of nitrogens with zero attached hydrogens (tertiary/aromatic N) is 1. The molecule has 0 amide bonds. The fourth-order valence-electron chi connectivity index (χ4n) is 2.95. The molecule has 0 unspecified atom stereocenters. The SMILES string of the molecule is CCCN1CCC(c2cccc(CC=O)c2F)CC1. The highest BCUT2D eigenvalue weighted by Crippen LogP contribution is 2.31. The molecule has 1 fully saturated rings. The van der Waals surface area contributed by atoms with Crippen molar-refractivity contribution in [2.24, 2.45) is 0 Å². The highest BCUT2D eigenvalue weighted by molar-refractivity contribution is 5.55. The first-order valence-electron chi connectivity index (χ1n) is 7.19. The summed E-state index contributed by atoms with van der Waals surface area (Å²) in [5.41, 5.74) is 1.33. The molecule has 0 radical (unpaired) electrons. The van der Waals surface area contributed by atoms with Crippen LogP contribution in [-0.2, 0) is 11.2 Å². The van der Waals surface area contributed by atoms with Crippen molar-refractivity contribution in [2.45, 2.75) is 38.5 Å². The van der Waals surface area contributed by atoms with Crippen LogP contribution in [-0.4, -0.2) is 30.8 Å². The minimum atomic E-state index is -0.163. The molecular weight excluding hydrogens is 241 g/mol. The van der Waals surface area contributed by atoms with E-state index in [0.29, 0.717) is 11.5 Å². The van der Waals surface area contributed by atoms with Gasteiger partial charge in [0.25, 0.3) is 0 Å². The van der Waals surface area contributed by atoms with E-state index in [1.165, 1.54) is 6.42 Å². The summed E-state index contributed by atoms with van der Waals surface area (Å²) in [7, 11) is 0. The average Bonchev–Trinajstić information content (AvgIpc) is 2.43. The second kappa shape index (κ2) is 6.80. The van der Waals surface area contributed by atoms with Crippen molar-refractivity contribution < 1.29 is 9.18 Å². The van der Waals surface area contributed by atoms with E-state index in [0.717, 1.165) is 44.3 Å². The molecule has 0 atom stereocenters. The van der Waals surface area contributed by atoms with E-state index >= 15 is 0 Å². The van der Waals surface area contributed by atoms with Crippen LogP contribution >= 0.6 is 0 Å². The predicted molar refractivity (Wildman–Crippen MR) is 74.9 cm³/mol. The Morgan fingerprint density at radius 2 is 2.11 bits per heavy atom. The molecule has 0 N–H and O–H groups in total. The van der Waals surface area contributed by atoms with Crippen LogP contribution in [0.2, 0.25) is 0 Å². The summed E-state index contributed by atoms with van der Waals surface area (Å²) in [4.78, 5) is 13.0. The summed E-state index contributed by atoms with van der Waals surface area (Å²) in [5.74, 6) is 0.142. The lowest BCUT2D eigenvalue weighted by atomic mass is 9.87. The molecule has 104 valence electrons. The maximum Gasteiger partial charge on any atom is 0.130 e. The number of likely N-dealkylation sites (tertiary alicyclic amines) is 1. The standard InChI is InChI=1S/C16H22FNO/c1-2-9-18-10-6-13(7-11-18)15-5-3-4-14(8-12-19)16(15)17/h3-5,12-13H,2,6-11H2,1H3. The minimum Gasteiger partial charge on any atom is -0.303 e. The van der Waals surface area contributed by atoms with Crippen LogP contribution in [0.1, 0.15) is 43.2 Å². The average molecular weight is 263 g/mol. The molecule has 1 aliphatic rings. The quantitative estimate of drug-likeness (QED) is 0.761. The van der Waals surface area contributed by atoms with E-state index in [9.17, 15) is 9.18 Å². The molecule has 0 aromatic heterocycles. The summed E-state index contributed by atoms with van der Waals surface area (Å²) in [5, 5.41) is 0. The Morgan fingerprint density at radius 3 is 2.74 bits per heavy atom. The highest BCUT2D eigenvalue weighted by atomic mass is 19.1. The topological polar surface area (TPSA) is 20.3 Å². The van der Waals surface area contributed by atoms with Gasteiger partial charge in [-0.15, -0.1) is 0 Å². The summed E-state index contributed by atoms with van der Waals surface area (Å²) in [6, 6.07) is 5.46. The zero-order valence-electron chi connectivity index (χ0n) is 11.6. The first kappa shape index (κ1) is 14.2. The van der Waals surface area contributed by atoms with Crippen LogP contribution in [0.3, 0.4) is 0 Å². The van der Waals surface area contributed by atoms with Crippen LogP contribution < -0.4 is 0 Å². The Hall–Kier alpha value is -1.22. The maximum absolute atomic E-state index is 14.3. The molecule has 3 heteroatoms. The lowest BCUT2D eigenvalue weighted by molar-refractivity contribution is -0.107. The van der Waals surface area contributed by atoms with Crippen LogP contribution in [0, 0.1) is 5.82 Å². The fraction of sp³-hybridized carbons (Fsp3) is 0.562. The third kappa shape index (κ3) is 3.41. The van der Waals surface area contributed by atoms with Gasteiger partial charge in [0.15, 0.2) is 0 Å². The Kier molecular flexibility index (Phi) is 5.08. The van der Waals surface area contributed by atoms with Crippen molar-refractivity contribution >= 4 is 6.29 Å². The largest absolute Gasteiger partial charge is 0.303 e. The van der Waals surface area contributed by atoms with Gasteiger partial charge in [-0.05, 0) is 55.9 Å². The van der Waals surface area contributed by atoms with E-state index in [-0.39, 0.29) is 12.2 Å². The second-order valence-electron chi connectivity index (χ2n) is 5.31. The van der Waals surface area contributed by atoms with Crippen molar-refractivity contribution in [3.8, 4) is 0 Å². The summed E-state index contributed by atoms with van der Waals surface area (Å²) in [6.07, 6.45) is 4.15. The predicted octanol–water partition coefficient (Wildman–Crippen LogP) is 3.16. The molecule has 2 nitrogen and oxygen atoms in total.